The number of hydrogen-bond donors (Lipinski definition) is 2. The molecule has 0 atom stereocenters. The minimum atomic E-state index is 0.0852. The number of allylic oxidation sites excluding steroid dienone is 2. The minimum Gasteiger partial charge on any atom is -0.386 e. The number of aromatic amines is 1. The molecule has 3 heteroatoms. The van der Waals surface area contributed by atoms with E-state index < -0.39 is 0 Å². The molecule has 3 rings (SSSR count). The molecular weight excluding hydrogens is 282 g/mol. The molecule has 2 heterocycles. The van der Waals surface area contributed by atoms with E-state index in [1.165, 1.54) is 44.1 Å². The van der Waals surface area contributed by atoms with Gasteiger partial charge in [0.15, 0.2) is 0 Å². The maximum atomic E-state index is 4.88. The lowest BCUT2D eigenvalue weighted by Gasteiger charge is -2.21. The lowest BCUT2D eigenvalue weighted by molar-refractivity contribution is 0.515. The molecule has 0 bridgehead atoms. The molecule has 2 aliphatic rings. The molecule has 0 unspecified atom stereocenters. The van der Waals surface area contributed by atoms with E-state index in [0.717, 1.165) is 17.1 Å². The van der Waals surface area contributed by atoms with Crippen LogP contribution in [-0.2, 0) is 0 Å². The van der Waals surface area contributed by atoms with Crippen molar-refractivity contribution >= 4 is 5.71 Å². The van der Waals surface area contributed by atoms with Crippen molar-refractivity contribution in [3.05, 3.63) is 47.6 Å². The summed E-state index contributed by atoms with van der Waals surface area (Å²) >= 11 is 0. The number of hydrogen-bond acceptors (Lipinski definition) is 2. The summed E-state index contributed by atoms with van der Waals surface area (Å²) in [5.41, 5.74) is 4.61. The van der Waals surface area contributed by atoms with E-state index in [0.29, 0.717) is 6.04 Å². The molecule has 3 nitrogen and oxygen atoms in total. The average molecular weight is 311 g/mol. The van der Waals surface area contributed by atoms with E-state index in [4.69, 9.17) is 4.99 Å². The Morgan fingerprint density at radius 1 is 1.17 bits per heavy atom. The van der Waals surface area contributed by atoms with Crippen LogP contribution in [0.15, 0.2) is 46.9 Å². The van der Waals surface area contributed by atoms with Crippen molar-refractivity contribution in [1.82, 2.24) is 10.3 Å². The molecule has 1 saturated carbocycles. The normalized spacial score (nSPS) is 22.0. The van der Waals surface area contributed by atoms with Gasteiger partial charge < -0.3 is 10.3 Å². The van der Waals surface area contributed by atoms with Crippen molar-refractivity contribution in [2.45, 2.75) is 65.3 Å². The quantitative estimate of drug-likeness (QED) is 0.762. The van der Waals surface area contributed by atoms with Gasteiger partial charge in [0, 0.05) is 18.4 Å². The summed E-state index contributed by atoms with van der Waals surface area (Å²) in [6, 6.07) is 4.74. The van der Waals surface area contributed by atoms with Crippen LogP contribution >= 0.6 is 0 Å². The molecule has 0 radical (unpaired) electrons. The van der Waals surface area contributed by atoms with Gasteiger partial charge in [-0.3, -0.25) is 0 Å². The van der Waals surface area contributed by atoms with Crippen LogP contribution in [0, 0.1) is 5.41 Å². The number of aromatic nitrogens is 1. The van der Waals surface area contributed by atoms with Crippen molar-refractivity contribution in [3.63, 3.8) is 0 Å². The van der Waals surface area contributed by atoms with Crippen LogP contribution in [0.4, 0.5) is 0 Å². The van der Waals surface area contributed by atoms with Gasteiger partial charge in [-0.2, -0.15) is 0 Å². The molecule has 0 aromatic carbocycles. The zero-order chi connectivity index (χ0) is 16.3. The maximum Gasteiger partial charge on any atom is 0.0910 e. The number of nitrogens with one attached hydrogen (secondary N) is 2. The zero-order valence-electron chi connectivity index (χ0n) is 14.7. The molecule has 0 amide bonds. The number of rotatable bonds is 3. The smallest absolute Gasteiger partial charge is 0.0910 e. The van der Waals surface area contributed by atoms with Crippen LogP contribution in [0.25, 0.3) is 0 Å². The summed E-state index contributed by atoms with van der Waals surface area (Å²) in [7, 11) is 0. The predicted molar refractivity (Wildman–Crippen MR) is 97.6 cm³/mol. The van der Waals surface area contributed by atoms with Crippen molar-refractivity contribution in [3.8, 4) is 0 Å². The highest BCUT2D eigenvalue weighted by Crippen LogP contribution is 2.34. The Morgan fingerprint density at radius 3 is 2.52 bits per heavy atom. The second-order valence-electron chi connectivity index (χ2n) is 7.78. The predicted octanol–water partition coefficient (Wildman–Crippen LogP) is 4.94. The van der Waals surface area contributed by atoms with Crippen molar-refractivity contribution in [1.29, 1.82) is 0 Å². The van der Waals surface area contributed by atoms with E-state index in [1.54, 1.807) is 0 Å². The van der Waals surface area contributed by atoms with Crippen molar-refractivity contribution in [2.75, 3.05) is 0 Å². The van der Waals surface area contributed by atoms with Crippen LogP contribution in [0.5, 0.6) is 0 Å². The SMILES string of the molecule is CC(C)(C)C1=C/C(=C\NC2CCCCCC2)N=C1c1ccc[nH]1. The monoisotopic (exact) mass is 311 g/mol. The molecule has 0 spiro atoms. The topological polar surface area (TPSA) is 40.2 Å². The van der Waals surface area contributed by atoms with Gasteiger partial charge in [0.2, 0.25) is 0 Å². The summed E-state index contributed by atoms with van der Waals surface area (Å²) in [6.45, 7) is 6.75. The zero-order valence-corrected chi connectivity index (χ0v) is 14.7. The highest BCUT2D eigenvalue weighted by Gasteiger charge is 2.27. The van der Waals surface area contributed by atoms with Crippen LogP contribution < -0.4 is 5.32 Å². The first-order chi connectivity index (χ1) is 11.0. The Labute approximate surface area is 140 Å². The van der Waals surface area contributed by atoms with Crippen LogP contribution in [0.1, 0.15) is 65.0 Å². The first-order valence-electron chi connectivity index (χ1n) is 8.95. The van der Waals surface area contributed by atoms with Crippen LogP contribution in [-0.4, -0.2) is 16.7 Å². The second-order valence-corrected chi connectivity index (χ2v) is 7.78. The molecule has 0 saturated heterocycles. The number of H-pyrrole nitrogens is 1. The van der Waals surface area contributed by atoms with Gasteiger partial charge in [-0.25, -0.2) is 4.99 Å². The Hall–Kier alpha value is -1.77. The van der Waals surface area contributed by atoms with Gasteiger partial charge in [0.25, 0.3) is 0 Å². The summed E-state index contributed by atoms with van der Waals surface area (Å²) in [6.07, 6.45) is 14.4. The van der Waals surface area contributed by atoms with Gasteiger partial charge in [0.05, 0.1) is 17.1 Å². The Morgan fingerprint density at radius 2 is 1.91 bits per heavy atom. The minimum absolute atomic E-state index is 0.0852. The fourth-order valence-electron chi connectivity index (χ4n) is 3.42. The Kier molecular flexibility index (Phi) is 4.74. The first-order valence-corrected chi connectivity index (χ1v) is 8.95. The molecule has 2 N–H and O–H groups in total. The van der Waals surface area contributed by atoms with Gasteiger partial charge >= 0.3 is 0 Å². The van der Waals surface area contributed by atoms with Gasteiger partial charge in [-0.15, -0.1) is 0 Å². The molecule has 1 aromatic heterocycles. The number of nitrogens with zero attached hydrogens (tertiary/aromatic N) is 1. The molecule has 23 heavy (non-hydrogen) atoms. The average Bonchev–Trinajstić information content (AvgIpc) is 3.09. The van der Waals surface area contributed by atoms with E-state index in [2.05, 4.69) is 49.4 Å². The van der Waals surface area contributed by atoms with Crippen molar-refractivity contribution in [2.24, 2.45) is 10.4 Å². The lowest BCUT2D eigenvalue weighted by atomic mass is 9.83. The fourth-order valence-corrected chi connectivity index (χ4v) is 3.42. The second kappa shape index (κ2) is 6.77. The Balaban J connectivity index is 1.79. The molecule has 1 aromatic rings. The molecular formula is C20H29N3. The largest absolute Gasteiger partial charge is 0.386 e. The molecule has 1 fully saturated rings. The van der Waals surface area contributed by atoms with E-state index in [-0.39, 0.29) is 5.41 Å². The molecule has 1 aliphatic heterocycles. The first kappa shape index (κ1) is 16.1. The highest BCUT2D eigenvalue weighted by atomic mass is 14.9. The van der Waals surface area contributed by atoms with Crippen molar-refractivity contribution < 1.29 is 0 Å². The van der Waals surface area contributed by atoms with Crippen LogP contribution in [0.3, 0.4) is 0 Å². The third-order valence-electron chi connectivity index (χ3n) is 4.77. The van der Waals surface area contributed by atoms with Gasteiger partial charge in [-0.1, -0.05) is 46.5 Å². The summed E-state index contributed by atoms with van der Waals surface area (Å²) in [5, 5.41) is 3.62. The van der Waals surface area contributed by atoms with E-state index in [1.807, 2.05) is 12.3 Å². The van der Waals surface area contributed by atoms with Crippen LogP contribution in [0.2, 0.25) is 0 Å². The van der Waals surface area contributed by atoms with E-state index in [9.17, 15) is 0 Å². The summed E-state index contributed by atoms with van der Waals surface area (Å²) in [5.74, 6) is 0. The third-order valence-corrected chi connectivity index (χ3v) is 4.77. The van der Waals surface area contributed by atoms with E-state index >= 15 is 0 Å². The van der Waals surface area contributed by atoms with Gasteiger partial charge in [0.1, 0.15) is 0 Å². The Bertz CT molecular complexity index is 604. The lowest BCUT2D eigenvalue weighted by Crippen LogP contribution is -2.23. The summed E-state index contributed by atoms with van der Waals surface area (Å²) in [4.78, 5) is 8.17. The summed E-state index contributed by atoms with van der Waals surface area (Å²) < 4.78 is 0. The molecule has 124 valence electrons. The highest BCUT2D eigenvalue weighted by molar-refractivity contribution is 6.14. The number of aliphatic imine (C=N–C) groups is 1. The van der Waals surface area contributed by atoms with Gasteiger partial charge in [-0.05, 0) is 42.0 Å². The molecule has 1 aliphatic carbocycles. The standard InChI is InChI=1S/C20H29N3/c1-20(2,3)17-13-16(23-19(17)18-11-8-12-21-18)14-22-15-9-6-4-5-7-10-15/h8,11-15,21-22H,4-7,9-10H2,1-3H3/b16-14+. The fraction of sp³-hybridized carbons (Fsp3) is 0.550. The third kappa shape index (κ3) is 3.95. The maximum absolute atomic E-state index is 4.88.